The molecular formula is C26H26O7. The third-order valence-electron chi connectivity index (χ3n) is 5.73. The molecule has 1 aliphatic heterocycles. The van der Waals surface area contributed by atoms with Gasteiger partial charge in [0.05, 0.1) is 32.3 Å². The molecule has 7 nitrogen and oxygen atoms in total. The molecule has 1 atom stereocenters. The van der Waals surface area contributed by atoms with Crippen LogP contribution in [0.4, 0.5) is 0 Å². The van der Waals surface area contributed by atoms with E-state index in [9.17, 15) is 14.7 Å². The van der Waals surface area contributed by atoms with E-state index < -0.39 is 17.5 Å². The van der Waals surface area contributed by atoms with Gasteiger partial charge in [0.1, 0.15) is 23.0 Å². The van der Waals surface area contributed by atoms with Crippen molar-refractivity contribution >= 4 is 5.97 Å². The summed E-state index contributed by atoms with van der Waals surface area (Å²) in [6.45, 7) is 2.68. The van der Waals surface area contributed by atoms with Gasteiger partial charge in [-0.1, -0.05) is 30.3 Å². The number of fused-ring (bicyclic) bond motifs is 1. The standard InChI is InChI=1S/C26H26O7/c1-16-13-21(27)25(26(29)33-16)20(15-24(28)30-2)19-5-3-4-6-23(19)32-11-9-17-7-8-22-18(14-17)10-12-31-22/h3-8,13-14,20,27H,9-12,15H2,1-2H3/t20-/m1/s1. The van der Waals surface area contributed by atoms with Crippen molar-refractivity contribution in [3.8, 4) is 17.2 Å². The minimum absolute atomic E-state index is 0.000622. The molecule has 7 heteroatoms. The van der Waals surface area contributed by atoms with Crippen LogP contribution in [-0.4, -0.2) is 31.4 Å². The van der Waals surface area contributed by atoms with Gasteiger partial charge in [0, 0.05) is 30.4 Å². The van der Waals surface area contributed by atoms with Gasteiger partial charge < -0.3 is 23.7 Å². The monoisotopic (exact) mass is 450 g/mol. The van der Waals surface area contributed by atoms with Gasteiger partial charge in [-0.25, -0.2) is 4.79 Å². The van der Waals surface area contributed by atoms with Gasteiger partial charge in [0.2, 0.25) is 0 Å². The molecule has 0 radical (unpaired) electrons. The molecule has 4 rings (SSSR count). The highest BCUT2D eigenvalue weighted by atomic mass is 16.5. The summed E-state index contributed by atoms with van der Waals surface area (Å²) < 4.78 is 21.7. The van der Waals surface area contributed by atoms with Crippen LogP contribution in [0.5, 0.6) is 17.2 Å². The van der Waals surface area contributed by atoms with Crippen LogP contribution in [0.15, 0.2) is 57.7 Å². The number of carbonyl (C=O) groups is 1. The maximum Gasteiger partial charge on any atom is 0.343 e. The van der Waals surface area contributed by atoms with E-state index in [1.807, 2.05) is 18.2 Å². The van der Waals surface area contributed by atoms with E-state index in [-0.39, 0.29) is 23.5 Å². The molecule has 0 unspecified atom stereocenters. The lowest BCUT2D eigenvalue weighted by Crippen LogP contribution is -2.19. The molecule has 33 heavy (non-hydrogen) atoms. The van der Waals surface area contributed by atoms with Crippen LogP contribution in [0, 0.1) is 6.92 Å². The van der Waals surface area contributed by atoms with E-state index >= 15 is 0 Å². The number of hydrogen-bond acceptors (Lipinski definition) is 7. The Hall–Kier alpha value is -3.74. The predicted octanol–water partition coefficient (Wildman–Crippen LogP) is 3.91. The molecule has 3 aromatic rings. The smallest absolute Gasteiger partial charge is 0.343 e. The number of carbonyl (C=O) groups excluding carboxylic acids is 1. The summed E-state index contributed by atoms with van der Waals surface area (Å²) in [5.74, 6) is 0.204. The molecule has 2 heterocycles. The topological polar surface area (TPSA) is 95.2 Å². The minimum Gasteiger partial charge on any atom is -0.507 e. The van der Waals surface area contributed by atoms with Gasteiger partial charge in [-0.05, 0) is 30.2 Å². The van der Waals surface area contributed by atoms with E-state index in [4.69, 9.17) is 18.6 Å². The van der Waals surface area contributed by atoms with Crippen molar-refractivity contribution in [2.24, 2.45) is 0 Å². The molecule has 0 amide bonds. The average Bonchev–Trinajstić information content (AvgIpc) is 3.26. The summed E-state index contributed by atoms with van der Waals surface area (Å²) in [6.07, 6.45) is 1.44. The van der Waals surface area contributed by atoms with E-state index in [1.165, 1.54) is 18.7 Å². The first-order valence-corrected chi connectivity index (χ1v) is 10.8. The number of ether oxygens (including phenoxy) is 3. The second kappa shape index (κ2) is 9.81. The minimum atomic E-state index is -0.789. The average molecular weight is 450 g/mol. The number of benzene rings is 2. The van der Waals surface area contributed by atoms with Crippen LogP contribution in [0.25, 0.3) is 0 Å². The first kappa shape index (κ1) is 22.5. The Kier molecular flexibility index (Phi) is 6.68. The van der Waals surface area contributed by atoms with Gasteiger partial charge >= 0.3 is 11.6 Å². The summed E-state index contributed by atoms with van der Waals surface area (Å²) in [5, 5.41) is 10.5. The number of hydrogen-bond donors (Lipinski definition) is 1. The number of rotatable bonds is 8. The predicted molar refractivity (Wildman–Crippen MR) is 121 cm³/mol. The number of aryl methyl sites for hydroxylation is 1. The van der Waals surface area contributed by atoms with Crippen LogP contribution in [0.1, 0.15) is 40.4 Å². The summed E-state index contributed by atoms with van der Waals surface area (Å²) in [4.78, 5) is 24.8. The zero-order valence-electron chi connectivity index (χ0n) is 18.6. The second-order valence-electron chi connectivity index (χ2n) is 7.95. The first-order chi connectivity index (χ1) is 16.0. The molecule has 0 fully saturated rings. The fraction of sp³-hybridized carbons (Fsp3) is 0.308. The number of methoxy groups -OCH3 is 1. The van der Waals surface area contributed by atoms with Crippen LogP contribution < -0.4 is 15.1 Å². The van der Waals surface area contributed by atoms with Crippen molar-refractivity contribution in [2.45, 2.75) is 32.1 Å². The molecule has 2 aromatic carbocycles. The highest BCUT2D eigenvalue weighted by Crippen LogP contribution is 2.37. The normalized spacial score (nSPS) is 13.2. The molecule has 0 saturated heterocycles. The fourth-order valence-electron chi connectivity index (χ4n) is 4.12. The van der Waals surface area contributed by atoms with Crippen molar-refractivity contribution < 1.29 is 28.5 Å². The molecule has 0 spiro atoms. The Morgan fingerprint density at radius 1 is 1.18 bits per heavy atom. The Morgan fingerprint density at radius 3 is 2.79 bits per heavy atom. The quantitative estimate of drug-likeness (QED) is 0.520. The SMILES string of the molecule is COC(=O)C[C@H](c1ccccc1OCCc1ccc2c(c1)CCO2)c1c(O)cc(C)oc1=O. The lowest BCUT2D eigenvalue weighted by atomic mass is 9.88. The van der Waals surface area contributed by atoms with Gasteiger partial charge in [-0.2, -0.15) is 0 Å². The second-order valence-corrected chi connectivity index (χ2v) is 7.95. The van der Waals surface area contributed by atoms with Crippen LogP contribution in [0.3, 0.4) is 0 Å². The van der Waals surface area contributed by atoms with Gasteiger partial charge in [-0.3, -0.25) is 4.79 Å². The van der Waals surface area contributed by atoms with E-state index in [1.54, 1.807) is 25.1 Å². The summed E-state index contributed by atoms with van der Waals surface area (Å²) in [5.41, 5.74) is 2.24. The van der Waals surface area contributed by atoms with Crippen molar-refractivity contribution in [1.82, 2.24) is 0 Å². The Morgan fingerprint density at radius 2 is 2.00 bits per heavy atom. The van der Waals surface area contributed by atoms with E-state index in [0.29, 0.717) is 30.9 Å². The van der Waals surface area contributed by atoms with Crippen molar-refractivity contribution in [2.75, 3.05) is 20.3 Å². The van der Waals surface area contributed by atoms with E-state index in [2.05, 4.69) is 6.07 Å². The fourth-order valence-corrected chi connectivity index (χ4v) is 4.12. The lowest BCUT2D eigenvalue weighted by Gasteiger charge is -2.20. The number of para-hydroxylation sites is 1. The Labute approximate surface area is 191 Å². The molecule has 1 aliphatic rings. The zero-order chi connectivity index (χ0) is 23.4. The largest absolute Gasteiger partial charge is 0.507 e. The summed E-state index contributed by atoms with van der Waals surface area (Å²) in [7, 11) is 1.28. The van der Waals surface area contributed by atoms with Crippen LogP contribution in [0.2, 0.25) is 0 Å². The van der Waals surface area contributed by atoms with Gasteiger partial charge in [0.25, 0.3) is 0 Å². The molecule has 0 aliphatic carbocycles. The summed E-state index contributed by atoms with van der Waals surface area (Å²) in [6, 6.07) is 14.7. The van der Waals surface area contributed by atoms with Gasteiger partial charge in [-0.15, -0.1) is 0 Å². The lowest BCUT2D eigenvalue weighted by molar-refractivity contribution is -0.140. The van der Waals surface area contributed by atoms with Crippen molar-refractivity contribution in [1.29, 1.82) is 0 Å². The highest BCUT2D eigenvalue weighted by molar-refractivity contribution is 5.72. The Bertz CT molecular complexity index is 1210. The van der Waals surface area contributed by atoms with E-state index in [0.717, 1.165) is 17.7 Å². The molecule has 0 bridgehead atoms. The maximum absolute atomic E-state index is 12.6. The third-order valence-corrected chi connectivity index (χ3v) is 5.73. The molecule has 1 aromatic heterocycles. The first-order valence-electron chi connectivity index (χ1n) is 10.8. The Balaban J connectivity index is 1.60. The van der Waals surface area contributed by atoms with Crippen molar-refractivity contribution in [3.63, 3.8) is 0 Å². The van der Waals surface area contributed by atoms with Crippen molar-refractivity contribution in [3.05, 3.63) is 87.0 Å². The maximum atomic E-state index is 12.6. The molecule has 172 valence electrons. The third kappa shape index (κ3) is 5.03. The van der Waals surface area contributed by atoms with Crippen LogP contribution in [-0.2, 0) is 22.4 Å². The summed E-state index contributed by atoms with van der Waals surface area (Å²) >= 11 is 0. The number of aromatic hydroxyl groups is 1. The highest BCUT2D eigenvalue weighted by Gasteiger charge is 2.28. The van der Waals surface area contributed by atoms with Crippen LogP contribution >= 0.6 is 0 Å². The molecule has 1 N–H and O–H groups in total. The molecular weight excluding hydrogens is 424 g/mol. The van der Waals surface area contributed by atoms with Gasteiger partial charge in [0.15, 0.2) is 0 Å². The zero-order valence-corrected chi connectivity index (χ0v) is 18.6. The number of esters is 1. The molecule has 0 saturated carbocycles.